The van der Waals surface area contributed by atoms with E-state index in [-0.39, 0.29) is 10.8 Å². The molecular formula is C18H18N2O2S. The molecule has 0 saturated heterocycles. The second-order valence-corrected chi connectivity index (χ2v) is 6.76. The van der Waals surface area contributed by atoms with Crippen LogP contribution in [0.1, 0.15) is 16.7 Å². The Morgan fingerprint density at radius 1 is 1.17 bits per heavy atom. The molecule has 1 aromatic heterocycles. The fourth-order valence-electron chi connectivity index (χ4n) is 2.58. The molecule has 1 N–H and O–H groups in total. The van der Waals surface area contributed by atoms with Crippen molar-refractivity contribution in [1.82, 2.24) is 4.57 Å². The van der Waals surface area contributed by atoms with Crippen LogP contribution in [0.15, 0.2) is 41.2 Å². The first kappa shape index (κ1) is 15.5. The lowest BCUT2D eigenvalue weighted by molar-refractivity contribution is -0.115. The van der Waals surface area contributed by atoms with E-state index in [1.165, 1.54) is 11.3 Å². The van der Waals surface area contributed by atoms with Gasteiger partial charge in [0, 0.05) is 12.7 Å². The van der Waals surface area contributed by atoms with Gasteiger partial charge in [0.1, 0.15) is 0 Å². The third kappa shape index (κ3) is 3.19. The van der Waals surface area contributed by atoms with Gasteiger partial charge < -0.3 is 9.88 Å². The molecule has 0 aliphatic heterocycles. The summed E-state index contributed by atoms with van der Waals surface area (Å²) in [5, 5.41) is 2.91. The quantitative estimate of drug-likeness (QED) is 0.802. The van der Waals surface area contributed by atoms with Crippen LogP contribution in [0, 0.1) is 13.8 Å². The zero-order valence-corrected chi connectivity index (χ0v) is 14.2. The van der Waals surface area contributed by atoms with Crippen LogP contribution in [0.5, 0.6) is 0 Å². The van der Waals surface area contributed by atoms with E-state index in [9.17, 15) is 9.59 Å². The van der Waals surface area contributed by atoms with Crippen molar-refractivity contribution < 1.29 is 4.79 Å². The molecule has 3 aromatic rings. The first-order chi connectivity index (χ1) is 10.9. The molecule has 0 unspecified atom stereocenters. The van der Waals surface area contributed by atoms with Crippen LogP contribution in [0.4, 0.5) is 5.69 Å². The monoisotopic (exact) mass is 326 g/mol. The summed E-state index contributed by atoms with van der Waals surface area (Å²) in [7, 11) is 1.75. The number of rotatable bonds is 3. The van der Waals surface area contributed by atoms with E-state index in [4.69, 9.17) is 0 Å². The normalized spacial score (nSPS) is 10.9. The number of nitrogens with zero attached hydrogens (tertiary/aromatic N) is 1. The third-order valence-corrected chi connectivity index (χ3v) is 4.93. The largest absolute Gasteiger partial charge is 0.326 e. The SMILES string of the molecule is Cc1ccc(C)c(CC(=O)Nc2ccc3c(c2)sc(=O)n3C)c1. The zero-order chi connectivity index (χ0) is 16.6. The second kappa shape index (κ2) is 6.01. The molecule has 0 aliphatic rings. The highest BCUT2D eigenvalue weighted by Gasteiger charge is 2.09. The number of anilines is 1. The van der Waals surface area contributed by atoms with Crippen molar-refractivity contribution in [3.63, 3.8) is 0 Å². The Morgan fingerprint density at radius 3 is 2.74 bits per heavy atom. The molecule has 0 aliphatic carbocycles. The Morgan fingerprint density at radius 2 is 1.96 bits per heavy atom. The molecular weight excluding hydrogens is 308 g/mol. The fraction of sp³-hybridized carbons (Fsp3) is 0.222. The van der Waals surface area contributed by atoms with Crippen LogP contribution in [0.3, 0.4) is 0 Å². The highest BCUT2D eigenvalue weighted by Crippen LogP contribution is 2.21. The van der Waals surface area contributed by atoms with Gasteiger partial charge in [-0.05, 0) is 43.2 Å². The number of hydrogen-bond acceptors (Lipinski definition) is 3. The van der Waals surface area contributed by atoms with E-state index in [1.54, 1.807) is 11.6 Å². The molecule has 0 bridgehead atoms. The summed E-state index contributed by atoms with van der Waals surface area (Å²) in [6.45, 7) is 4.03. The molecule has 5 heteroatoms. The summed E-state index contributed by atoms with van der Waals surface area (Å²) < 4.78 is 2.49. The number of fused-ring (bicyclic) bond motifs is 1. The molecule has 0 atom stereocenters. The number of aryl methyl sites for hydroxylation is 3. The lowest BCUT2D eigenvalue weighted by Gasteiger charge is -2.08. The van der Waals surface area contributed by atoms with Gasteiger partial charge in [-0.25, -0.2) is 0 Å². The van der Waals surface area contributed by atoms with Crippen molar-refractivity contribution >= 4 is 33.1 Å². The minimum absolute atomic E-state index is 0.00105. The molecule has 0 spiro atoms. The summed E-state index contributed by atoms with van der Waals surface area (Å²) in [6.07, 6.45) is 0.344. The van der Waals surface area contributed by atoms with E-state index in [1.807, 2.05) is 50.2 Å². The van der Waals surface area contributed by atoms with Gasteiger partial charge in [-0.1, -0.05) is 35.1 Å². The summed E-state index contributed by atoms with van der Waals surface area (Å²) in [6, 6.07) is 11.7. The number of thiazole rings is 1. The number of nitrogens with one attached hydrogen (secondary N) is 1. The molecule has 3 rings (SSSR count). The van der Waals surface area contributed by atoms with Crippen molar-refractivity contribution in [2.75, 3.05) is 5.32 Å². The average Bonchev–Trinajstić information content (AvgIpc) is 2.77. The topological polar surface area (TPSA) is 51.1 Å². The maximum atomic E-state index is 12.3. The van der Waals surface area contributed by atoms with Crippen molar-refractivity contribution in [2.45, 2.75) is 20.3 Å². The Kier molecular flexibility index (Phi) is 4.05. The molecule has 1 amide bonds. The summed E-state index contributed by atoms with van der Waals surface area (Å²) >= 11 is 1.18. The number of hydrogen-bond donors (Lipinski definition) is 1. The number of carbonyl (C=O) groups excluding carboxylic acids is 1. The van der Waals surface area contributed by atoms with Crippen LogP contribution in [-0.2, 0) is 18.3 Å². The smallest absolute Gasteiger partial charge is 0.307 e. The fourth-order valence-corrected chi connectivity index (χ4v) is 3.50. The lowest BCUT2D eigenvalue weighted by atomic mass is 10.0. The first-order valence-electron chi connectivity index (χ1n) is 7.39. The molecule has 2 aromatic carbocycles. The van der Waals surface area contributed by atoms with Gasteiger partial charge in [-0.2, -0.15) is 0 Å². The van der Waals surface area contributed by atoms with Crippen molar-refractivity contribution in [3.8, 4) is 0 Å². The van der Waals surface area contributed by atoms with Gasteiger partial charge in [0.25, 0.3) is 0 Å². The molecule has 0 fully saturated rings. The number of aromatic nitrogens is 1. The van der Waals surface area contributed by atoms with Crippen LogP contribution in [-0.4, -0.2) is 10.5 Å². The Bertz CT molecular complexity index is 953. The highest BCUT2D eigenvalue weighted by molar-refractivity contribution is 7.16. The van der Waals surface area contributed by atoms with Crippen LogP contribution < -0.4 is 10.2 Å². The van der Waals surface area contributed by atoms with Crippen molar-refractivity contribution in [3.05, 3.63) is 62.8 Å². The minimum Gasteiger partial charge on any atom is -0.326 e. The lowest BCUT2D eigenvalue weighted by Crippen LogP contribution is -2.15. The Balaban J connectivity index is 1.80. The highest BCUT2D eigenvalue weighted by atomic mass is 32.1. The summed E-state index contributed by atoms with van der Waals surface area (Å²) in [5.74, 6) is -0.0543. The van der Waals surface area contributed by atoms with Crippen molar-refractivity contribution in [1.29, 1.82) is 0 Å². The molecule has 118 valence electrons. The molecule has 0 radical (unpaired) electrons. The van der Waals surface area contributed by atoms with E-state index in [0.717, 1.165) is 32.6 Å². The van der Waals surface area contributed by atoms with Crippen LogP contribution in [0.25, 0.3) is 10.2 Å². The standard InChI is InChI=1S/C18H18N2O2S/c1-11-4-5-12(2)13(8-11)9-17(21)19-14-6-7-15-16(10-14)23-18(22)20(15)3/h4-8,10H,9H2,1-3H3,(H,19,21). The van der Waals surface area contributed by atoms with Gasteiger partial charge in [0.15, 0.2) is 0 Å². The van der Waals surface area contributed by atoms with Gasteiger partial charge in [-0.15, -0.1) is 0 Å². The maximum Gasteiger partial charge on any atom is 0.307 e. The van der Waals surface area contributed by atoms with E-state index in [0.29, 0.717) is 6.42 Å². The average molecular weight is 326 g/mol. The number of amides is 1. The summed E-state index contributed by atoms with van der Waals surface area (Å²) in [4.78, 5) is 24.0. The van der Waals surface area contributed by atoms with Crippen LogP contribution >= 0.6 is 11.3 Å². The van der Waals surface area contributed by atoms with E-state index < -0.39 is 0 Å². The Hall–Kier alpha value is -2.40. The molecule has 4 nitrogen and oxygen atoms in total. The van der Waals surface area contributed by atoms with Gasteiger partial charge in [-0.3, -0.25) is 9.59 Å². The maximum absolute atomic E-state index is 12.3. The number of benzene rings is 2. The molecule has 23 heavy (non-hydrogen) atoms. The molecule has 0 saturated carbocycles. The summed E-state index contributed by atoms with van der Waals surface area (Å²) in [5.41, 5.74) is 4.89. The van der Waals surface area contributed by atoms with Gasteiger partial charge in [0.2, 0.25) is 5.91 Å². The van der Waals surface area contributed by atoms with Crippen molar-refractivity contribution in [2.24, 2.45) is 7.05 Å². The predicted molar refractivity (Wildman–Crippen MR) is 95.3 cm³/mol. The van der Waals surface area contributed by atoms with Crippen LogP contribution in [0.2, 0.25) is 0 Å². The first-order valence-corrected chi connectivity index (χ1v) is 8.21. The predicted octanol–water partition coefficient (Wildman–Crippen LogP) is 3.40. The second-order valence-electron chi connectivity index (χ2n) is 5.76. The van der Waals surface area contributed by atoms with E-state index in [2.05, 4.69) is 5.32 Å². The van der Waals surface area contributed by atoms with E-state index >= 15 is 0 Å². The number of carbonyl (C=O) groups is 1. The van der Waals surface area contributed by atoms with Gasteiger partial charge in [0.05, 0.1) is 16.6 Å². The zero-order valence-electron chi connectivity index (χ0n) is 13.3. The third-order valence-electron chi connectivity index (χ3n) is 3.93. The molecule has 1 heterocycles. The Labute approximate surface area is 138 Å². The van der Waals surface area contributed by atoms with Gasteiger partial charge >= 0.3 is 4.87 Å². The minimum atomic E-state index is -0.0543.